The van der Waals surface area contributed by atoms with E-state index < -0.39 is 0 Å². The van der Waals surface area contributed by atoms with Crippen molar-refractivity contribution in [2.24, 2.45) is 0 Å². The molecule has 2 unspecified atom stereocenters. The molecule has 4 heteroatoms. The normalized spacial score (nSPS) is 30.9. The van der Waals surface area contributed by atoms with Gasteiger partial charge in [0.25, 0.3) is 0 Å². The summed E-state index contributed by atoms with van der Waals surface area (Å²) in [6.45, 7) is 5.01. The summed E-state index contributed by atoms with van der Waals surface area (Å²) in [5.74, 6) is 0.363. The van der Waals surface area contributed by atoms with Crippen LogP contribution in [0, 0.1) is 0 Å². The lowest BCUT2D eigenvalue weighted by molar-refractivity contribution is -0.133. The maximum absolute atomic E-state index is 12.7. The Balaban J connectivity index is 1.24. The van der Waals surface area contributed by atoms with E-state index in [9.17, 15) is 4.79 Å². The van der Waals surface area contributed by atoms with Gasteiger partial charge in [-0.3, -0.25) is 9.69 Å². The van der Waals surface area contributed by atoms with Crippen molar-refractivity contribution < 1.29 is 9.53 Å². The molecule has 0 bridgehead atoms. The SMILES string of the molecule is O=C1CCC2(CCCN(Cc3ccc4c(c3)CCC4)CC2)N1CC1CCCO1. The van der Waals surface area contributed by atoms with Crippen molar-refractivity contribution in [2.45, 2.75) is 82.4 Å². The molecular weight excluding hydrogens is 348 g/mol. The minimum atomic E-state index is 0.0930. The van der Waals surface area contributed by atoms with E-state index in [1.165, 1.54) is 31.2 Å². The predicted octanol–water partition coefficient (Wildman–Crippen LogP) is 3.70. The van der Waals surface area contributed by atoms with Crippen molar-refractivity contribution in [3.63, 3.8) is 0 Å². The highest BCUT2D eigenvalue weighted by Crippen LogP contribution is 2.40. The van der Waals surface area contributed by atoms with Gasteiger partial charge >= 0.3 is 0 Å². The van der Waals surface area contributed by atoms with E-state index >= 15 is 0 Å². The molecule has 28 heavy (non-hydrogen) atoms. The molecule has 4 nitrogen and oxygen atoms in total. The summed E-state index contributed by atoms with van der Waals surface area (Å²) in [5.41, 5.74) is 4.70. The number of likely N-dealkylation sites (tertiary alicyclic amines) is 2. The molecule has 3 fully saturated rings. The van der Waals surface area contributed by atoms with Crippen LogP contribution in [0.2, 0.25) is 0 Å². The second kappa shape index (κ2) is 7.79. The molecule has 5 rings (SSSR count). The zero-order chi connectivity index (χ0) is 19.0. The summed E-state index contributed by atoms with van der Waals surface area (Å²) in [6, 6.07) is 7.15. The van der Waals surface area contributed by atoms with Crippen molar-refractivity contribution in [3.8, 4) is 0 Å². The Hall–Kier alpha value is -1.39. The first-order valence-corrected chi connectivity index (χ1v) is 11.5. The summed E-state index contributed by atoms with van der Waals surface area (Å²) >= 11 is 0. The fraction of sp³-hybridized carbons (Fsp3) is 0.708. The monoisotopic (exact) mass is 382 g/mol. The average molecular weight is 383 g/mol. The molecule has 3 aliphatic heterocycles. The molecule has 1 aromatic rings. The van der Waals surface area contributed by atoms with Crippen LogP contribution in [0.5, 0.6) is 0 Å². The molecule has 0 radical (unpaired) electrons. The number of ether oxygens (including phenoxy) is 1. The number of fused-ring (bicyclic) bond motifs is 1. The quantitative estimate of drug-likeness (QED) is 0.796. The van der Waals surface area contributed by atoms with Gasteiger partial charge in [0.1, 0.15) is 0 Å². The van der Waals surface area contributed by atoms with Gasteiger partial charge in [0.15, 0.2) is 0 Å². The highest BCUT2D eigenvalue weighted by atomic mass is 16.5. The van der Waals surface area contributed by atoms with E-state index in [1.54, 1.807) is 11.1 Å². The minimum absolute atomic E-state index is 0.0930. The maximum atomic E-state index is 12.7. The van der Waals surface area contributed by atoms with Gasteiger partial charge in [-0.25, -0.2) is 0 Å². The molecule has 1 amide bonds. The molecule has 152 valence electrons. The Morgan fingerprint density at radius 2 is 1.93 bits per heavy atom. The number of aryl methyl sites for hydroxylation is 2. The van der Waals surface area contributed by atoms with Crippen molar-refractivity contribution in [3.05, 3.63) is 34.9 Å². The molecule has 3 saturated heterocycles. The lowest BCUT2D eigenvalue weighted by atomic mass is 9.87. The van der Waals surface area contributed by atoms with Crippen LogP contribution >= 0.6 is 0 Å². The third-order valence-corrected chi connectivity index (χ3v) is 7.67. The van der Waals surface area contributed by atoms with Crippen LogP contribution in [0.25, 0.3) is 0 Å². The molecule has 4 aliphatic rings. The largest absolute Gasteiger partial charge is 0.376 e. The Bertz CT molecular complexity index is 727. The standard InChI is InChI=1S/C24H34N2O2/c27-23-9-11-24(26(23)18-22-6-2-15-28-22)10-3-13-25(14-12-24)17-19-7-8-20-4-1-5-21(20)16-19/h7-8,16,22H,1-6,9-15,17-18H2. The topological polar surface area (TPSA) is 32.8 Å². The number of nitrogens with zero attached hydrogens (tertiary/aromatic N) is 2. The number of hydrogen-bond acceptors (Lipinski definition) is 3. The fourth-order valence-electron chi connectivity index (χ4n) is 6.06. The molecule has 1 aromatic carbocycles. The molecule has 0 saturated carbocycles. The van der Waals surface area contributed by atoms with Gasteiger partial charge in [-0.1, -0.05) is 18.2 Å². The summed E-state index contributed by atoms with van der Waals surface area (Å²) in [5, 5.41) is 0. The van der Waals surface area contributed by atoms with Crippen LogP contribution < -0.4 is 0 Å². The molecule has 3 heterocycles. The highest BCUT2D eigenvalue weighted by Gasteiger charge is 2.46. The summed E-state index contributed by atoms with van der Waals surface area (Å²) < 4.78 is 5.86. The van der Waals surface area contributed by atoms with E-state index in [1.807, 2.05) is 0 Å². The number of amides is 1. The predicted molar refractivity (Wildman–Crippen MR) is 110 cm³/mol. The van der Waals surface area contributed by atoms with Gasteiger partial charge in [0.2, 0.25) is 5.91 Å². The Labute approximate surface area is 169 Å². The smallest absolute Gasteiger partial charge is 0.223 e. The third-order valence-electron chi connectivity index (χ3n) is 7.67. The fourth-order valence-corrected chi connectivity index (χ4v) is 6.06. The first-order chi connectivity index (χ1) is 13.7. The van der Waals surface area contributed by atoms with Crippen LogP contribution in [0.4, 0.5) is 0 Å². The van der Waals surface area contributed by atoms with Gasteiger partial charge in [-0.15, -0.1) is 0 Å². The zero-order valence-electron chi connectivity index (χ0n) is 17.1. The molecule has 0 N–H and O–H groups in total. The number of rotatable bonds is 4. The second-order valence-corrected chi connectivity index (χ2v) is 9.45. The number of carbonyl (C=O) groups is 1. The van der Waals surface area contributed by atoms with Crippen LogP contribution in [0.1, 0.15) is 68.1 Å². The van der Waals surface area contributed by atoms with E-state index in [0.29, 0.717) is 5.91 Å². The summed E-state index contributed by atoms with van der Waals surface area (Å²) in [4.78, 5) is 17.5. The van der Waals surface area contributed by atoms with E-state index in [0.717, 1.165) is 71.3 Å². The van der Waals surface area contributed by atoms with Crippen molar-refractivity contribution in [2.75, 3.05) is 26.2 Å². The van der Waals surface area contributed by atoms with E-state index in [4.69, 9.17) is 4.74 Å². The van der Waals surface area contributed by atoms with Crippen LogP contribution in [-0.4, -0.2) is 53.6 Å². The van der Waals surface area contributed by atoms with Gasteiger partial charge in [0.05, 0.1) is 6.10 Å². The first kappa shape index (κ1) is 18.6. The Kier molecular flexibility index (Phi) is 5.18. The lowest BCUT2D eigenvalue weighted by Gasteiger charge is -2.39. The van der Waals surface area contributed by atoms with E-state index in [2.05, 4.69) is 28.0 Å². The minimum Gasteiger partial charge on any atom is -0.376 e. The van der Waals surface area contributed by atoms with Gasteiger partial charge in [-0.2, -0.15) is 0 Å². The Morgan fingerprint density at radius 1 is 1.00 bits per heavy atom. The van der Waals surface area contributed by atoms with Crippen LogP contribution in [0.3, 0.4) is 0 Å². The van der Waals surface area contributed by atoms with Crippen LogP contribution in [-0.2, 0) is 28.9 Å². The van der Waals surface area contributed by atoms with Gasteiger partial charge < -0.3 is 9.64 Å². The van der Waals surface area contributed by atoms with Crippen LogP contribution in [0.15, 0.2) is 18.2 Å². The van der Waals surface area contributed by atoms with Crippen molar-refractivity contribution in [1.82, 2.24) is 9.80 Å². The molecular formula is C24H34N2O2. The van der Waals surface area contributed by atoms with Crippen molar-refractivity contribution in [1.29, 1.82) is 0 Å². The van der Waals surface area contributed by atoms with Gasteiger partial charge in [0, 0.05) is 38.2 Å². The average Bonchev–Trinajstić information content (AvgIpc) is 3.40. The van der Waals surface area contributed by atoms with Crippen molar-refractivity contribution >= 4 is 5.91 Å². The lowest BCUT2D eigenvalue weighted by Crippen LogP contribution is -2.49. The number of benzene rings is 1. The molecule has 1 spiro atoms. The number of carbonyl (C=O) groups excluding carboxylic acids is 1. The highest BCUT2D eigenvalue weighted by molar-refractivity contribution is 5.79. The third kappa shape index (κ3) is 3.61. The summed E-state index contributed by atoms with van der Waals surface area (Å²) in [6.07, 6.45) is 11.6. The Morgan fingerprint density at radius 3 is 2.82 bits per heavy atom. The maximum Gasteiger partial charge on any atom is 0.223 e. The second-order valence-electron chi connectivity index (χ2n) is 9.45. The first-order valence-electron chi connectivity index (χ1n) is 11.5. The molecule has 0 aromatic heterocycles. The zero-order valence-corrected chi connectivity index (χ0v) is 17.1. The molecule has 2 atom stereocenters. The molecule has 1 aliphatic carbocycles. The van der Waals surface area contributed by atoms with Gasteiger partial charge in [-0.05, 0) is 81.0 Å². The van der Waals surface area contributed by atoms with E-state index in [-0.39, 0.29) is 11.6 Å². The number of hydrogen-bond donors (Lipinski definition) is 0. The summed E-state index contributed by atoms with van der Waals surface area (Å²) in [7, 11) is 0.